The van der Waals surface area contributed by atoms with E-state index in [9.17, 15) is 0 Å². The first-order valence-electron chi connectivity index (χ1n) is 7.55. The second kappa shape index (κ2) is 5.71. The summed E-state index contributed by atoms with van der Waals surface area (Å²) in [5.74, 6) is 0. The van der Waals surface area contributed by atoms with Gasteiger partial charge in [0.25, 0.3) is 0 Å². The summed E-state index contributed by atoms with van der Waals surface area (Å²) in [6, 6.07) is 21.7. The van der Waals surface area contributed by atoms with Crippen LogP contribution in [0.5, 0.6) is 0 Å². The predicted octanol–water partition coefficient (Wildman–Crippen LogP) is 5.23. The van der Waals surface area contributed by atoms with E-state index in [1.807, 2.05) is 0 Å². The molecule has 2 N–H and O–H groups in total. The fourth-order valence-corrected chi connectivity index (χ4v) is 2.87. The van der Waals surface area contributed by atoms with Gasteiger partial charge in [-0.15, -0.1) is 0 Å². The maximum atomic E-state index is 6.18. The molecule has 0 aliphatic rings. The summed E-state index contributed by atoms with van der Waals surface area (Å²) in [4.78, 5) is 0. The molecule has 21 heavy (non-hydrogen) atoms. The Morgan fingerprint density at radius 2 is 1.67 bits per heavy atom. The van der Waals surface area contributed by atoms with Gasteiger partial charge in [0.2, 0.25) is 0 Å². The molecular weight excluding hydrogens is 254 g/mol. The van der Waals surface area contributed by atoms with Crippen LogP contribution in [-0.2, 0) is 0 Å². The number of rotatable bonds is 3. The van der Waals surface area contributed by atoms with Crippen molar-refractivity contribution in [1.29, 1.82) is 0 Å². The number of fused-ring (bicyclic) bond motifs is 1. The number of hydrogen-bond acceptors (Lipinski definition) is 1. The average molecular weight is 275 g/mol. The highest BCUT2D eigenvalue weighted by molar-refractivity contribution is 5.98. The first-order valence-corrected chi connectivity index (χ1v) is 7.55. The summed E-state index contributed by atoms with van der Waals surface area (Å²) < 4.78 is 0. The van der Waals surface area contributed by atoms with Gasteiger partial charge < -0.3 is 5.73 Å². The lowest BCUT2D eigenvalue weighted by molar-refractivity contribution is 0.699. The summed E-state index contributed by atoms with van der Waals surface area (Å²) in [7, 11) is 0. The van der Waals surface area contributed by atoms with Crippen molar-refractivity contribution in [2.75, 3.05) is 0 Å². The molecule has 0 radical (unpaired) electrons. The van der Waals surface area contributed by atoms with Gasteiger partial charge in [0.1, 0.15) is 0 Å². The summed E-state index contributed by atoms with van der Waals surface area (Å²) in [5, 5.41) is 2.62. The van der Waals surface area contributed by atoms with E-state index in [0.29, 0.717) is 0 Å². The number of nitrogens with two attached hydrogens (primary N) is 1. The molecule has 106 valence electrons. The molecule has 3 rings (SSSR count). The van der Waals surface area contributed by atoms with Crippen LogP contribution < -0.4 is 5.73 Å². The van der Waals surface area contributed by atoms with Crippen LogP contribution in [0, 0.1) is 6.92 Å². The lowest BCUT2D eigenvalue weighted by atomic mass is 9.93. The molecule has 3 aromatic carbocycles. The van der Waals surface area contributed by atoms with Crippen molar-refractivity contribution >= 4 is 10.8 Å². The first-order chi connectivity index (χ1) is 10.2. The van der Waals surface area contributed by atoms with Gasteiger partial charge in [-0.1, -0.05) is 61.5 Å². The molecule has 0 saturated carbocycles. The standard InChI is InChI=1S/C20H21N/c1-3-20(21)16-8-6-7-15(13-16)18-12-11-14(2)17-9-4-5-10-19(17)18/h4-13,20H,3,21H2,1-2H3. The molecule has 0 aromatic heterocycles. The largest absolute Gasteiger partial charge is 0.324 e. The lowest BCUT2D eigenvalue weighted by Crippen LogP contribution is -2.08. The van der Waals surface area contributed by atoms with E-state index in [0.717, 1.165) is 6.42 Å². The van der Waals surface area contributed by atoms with E-state index >= 15 is 0 Å². The molecule has 1 nitrogen and oxygen atoms in total. The third-order valence-electron chi connectivity index (χ3n) is 4.21. The van der Waals surface area contributed by atoms with Gasteiger partial charge in [0.15, 0.2) is 0 Å². The van der Waals surface area contributed by atoms with Gasteiger partial charge in [-0.2, -0.15) is 0 Å². The Labute approximate surface area is 126 Å². The molecule has 0 bridgehead atoms. The van der Waals surface area contributed by atoms with Gasteiger partial charge >= 0.3 is 0 Å². The maximum absolute atomic E-state index is 6.18. The van der Waals surface area contributed by atoms with Gasteiger partial charge in [-0.05, 0) is 52.4 Å². The average Bonchev–Trinajstić information content (AvgIpc) is 2.55. The second-order valence-electron chi connectivity index (χ2n) is 5.62. The Kier molecular flexibility index (Phi) is 3.76. The predicted molar refractivity (Wildman–Crippen MR) is 91.3 cm³/mol. The summed E-state index contributed by atoms with van der Waals surface area (Å²) in [5.41, 5.74) is 11.2. The van der Waals surface area contributed by atoms with Crippen LogP contribution in [0.1, 0.15) is 30.5 Å². The Balaban J connectivity index is 2.19. The van der Waals surface area contributed by atoms with E-state index in [4.69, 9.17) is 5.73 Å². The zero-order valence-electron chi connectivity index (χ0n) is 12.6. The highest BCUT2D eigenvalue weighted by Crippen LogP contribution is 2.31. The smallest absolute Gasteiger partial charge is 0.0292 e. The quantitative estimate of drug-likeness (QED) is 0.696. The molecule has 0 amide bonds. The summed E-state index contributed by atoms with van der Waals surface area (Å²) >= 11 is 0. The van der Waals surface area contributed by atoms with E-state index in [2.05, 4.69) is 74.5 Å². The summed E-state index contributed by atoms with van der Waals surface area (Å²) in [6.45, 7) is 4.29. The van der Waals surface area contributed by atoms with Gasteiger partial charge in [0.05, 0.1) is 0 Å². The highest BCUT2D eigenvalue weighted by atomic mass is 14.6. The number of benzene rings is 3. The normalized spacial score (nSPS) is 12.5. The number of hydrogen-bond donors (Lipinski definition) is 1. The van der Waals surface area contributed by atoms with Crippen LogP contribution in [0.2, 0.25) is 0 Å². The Bertz CT molecular complexity index is 774. The Morgan fingerprint density at radius 3 is 2.43 bits per heavy atom. The van der Waals surface area contributed by atoms with Crippen LogP contribution in [0.25, 0.3) is 21.9 Å². The van der Waals surface area contributed by atoms with Gasteiger partial charge in [-0.3, -0.25) is 0 Å². The zero-order chi connectivity index (χ0) is 14.8. The Morgan fingerprint density at radius 1 is 0.905 bits per heavy atom. The van der Waals surface area contributed by atoms with Crippen LogP contribution >= 0.6 is 0 Å². The molecule has 0 fully saturated rings. The van der Waals surface area contributed by atoms with E-state index in [1.54, 1.807) is 0 Å². The van der Waals surface area contributed by atoms with Gasteiger partial charge in [0, 0.05) is 6.04 Å². The molecular formula is C20H21N. The van der Waals surface area contributed by atoms with Crippen LogP contribution in [0.15, 0.2) is 60.7 Å². The van der Waals surface area contributed by atoms with Crippen molar-refractivity contribution < 1.29 is 0 Å². The van der Waals surface area contributed by atoms with Crippen LogP contribution in [0.3, 0.4) is 0 Å². The fraction of sp³-hybridized carbons (Fsp3) is 0.200. The van der Waals surface area contributed by atoms with E-state index in [1.165, 1.54) is 33.0 Å². The van der Waals surface area contributed by atoms with Gasteiger partial charge in [-0.25, -0.2) is 0 Å². The van der Waals surface area contributed by atoms with Crippen molar-refractivity contribution in [2.24, 2.45) is 5.73 Å². The minimum atomic E-state index is 0.113. The van der Waals surface area contributed by atoms with Crippen molar-refractivity contribution in [3.63, 3.8) is 0 Å². The first kappa shape index (κ1) is 13.8. The third-order valence-corrected chi connectivity index (χ3v) is 4.21. The Hall–Kier alpha value is -2.12. The summed E-state index contributed by atoms with van der Waals surface area (Å²) in [6.07, 6.45) is 0.956. The molecule has 0 aliphatic carbocycles. The molecule has 3 aromatic rings. The van der Waals surface area contributed by atoms with Crippen molar-refractivity contribution in [3.8, 4) is 11.1 Å². The minimum Gasteiger partial charge on any atom is -0.324 e. The molecule has 1 heteroatoms. The minimum absolute atomic E-state index is 0.113. The SMILES string of the molecule is CCC(N)c1cccc(-c2ccc(C)c3ccccc23)c1. The van der Waals surface area contributed by atoms with Crippen molar-refractivity contribution in [2.45, 2.75) is 26.3 Å². The number of aryl methyl sites for hydroxylation is 1. The van der Waals surface area contributed by atoms with E-state index < -0.39 is 0 Å². The third kappa shape index (κ3) is 2.57. The monoisotopic (exact) mass is 275 g/mol. The highest BCUT2D eigenvalue weighted by Gasteiger charge is 2.08. The zero-order valence-corrected chi connectivity index (χ0v) is 12.6. The molecule has 0 saturated heterocycles. The fourth-order valence-electron chi connectivity index (χ4n) is 2.87. The molecule has 0 heterocycles. The molecule has 0 spiro atoms. The van der Waals surface area contributed by atoms with E-state index in [-0.39, 0.29) is 6.04 Å². The molecule has 0 aliphatic heterocycles. The molecule has 1 atom stereocenters. The van der Waals surface area contributed by atoms with Crippen molar-refractivity contribution in [3.05, 3.63) is 71.8 Å². The maximum Gasteiger partial charge on any atom is 0.0292 e. The second-order valence-corrected chi connectivity index (χ2v) is 5.62. The lowest BCUT2D eigenvalue weighted by Gasteiger charge is -2.13. The molecule has 1 unspecified atom stereocenters. The van der Waals surface area contributed by atoms with Crippen LogP contribution in [0.4, 0.5) is 0 Å². The van der Waals surface area contributed by atoms with Crippen molar-refractivity contribution in [1.82, 2.24) is 0 Å². The topological polar surface area (TPSA) is 26.0 Å². The van der Waals surface area contributed by atoms with Crippen LogP contribution in [-0.4, -0.2) is 0 Å².